The molecule has 0 aliphatic carbocycles. The highest BCUT2D eigenvalue weighted by Crippen LogP contribution is 2.32. The summed E-state index contributed by atoms with van der Waals surface area (Å²) < 4.78 is 12.3. The van der Waals surface area contributed by atoms with Crippen LogP contribution in [-0.2, 0) is 13.5 Å². The zero-order chi connectivity index (χ0) is 13.1. The van der Waals surface area contributed by atoms with E-state index in [9.17, 15) is 0 Å². The summed E-state index contributed by atoms with van der Waals surface area (Å²) in [5.74, 6) is 2.13. The third-order valence-electron chi connectivity index (χ3n) is 2.73. The van der Waals surface area contributed by atoms with Crippen molar-refractivity contribution in [3.63, 3.8) is 0 Å². The van der Waals surface area contributed by atoms with Gasteiger partial charge >= 0.3 is 0 Å². The summed E-state index contributed by atoms with van der Waals surface area (Å²) in [6, 6.07) is 1.92. The minimum atomic E-state index is 0.616. The maximum Gasteiger partial charge on any atom is 0.221 e. The molecule has 6 heteroatoms. The largest absolute Gasteiger partial charge is 0.481 e. The van der Waals surface area contributed by atoms with Gasteiger partial charge < -0.3 is 9.26 Å². The van der Waals surface area contributed by atoms with Crippen molar-refractivity contribution >= 4 is 11.6 Å². The lowest BCUT2D eigenvalue weighted by Gasteiger charge is -2.01. The maximum atomic E-state index is 5.66. The summed E-state index contributed by atoms with van der Waals surface area (Å²) in [6.45, 7) is 1.92. The minimum absolute atomic E-state index is 0.616. The first-order chi connectivity index (χ1) is 8.67. The molecule has 2 rings (SSSR count). The molecule has 0 bridgehead atoms. The van der Waals surface area contributed by atoms with Crippen LogP contribution in [0.25, 0.3) is 11.3 Å². The molecule has 0 aliphatic rings. The normalized spacial score (nSPS) is 10.9. The van der Waals surface area contributed by atoms with E-state index >= 15 is 0 Å². The summed E-state index contributed by atoms with van der Waals surface area (Å²) >= 11 is 5.66. The van der Waals surface area contributed by atoms with E-state index in [0.29, 0.717) is 11.8 Å². The lowest BCUT2D eigenvalue weighted by molar-refractivity contribution is 0.371. The van der Waals surface area contributed by atoms with Crippen molar-refractivity contribution in [1.29, 1.82) is 0 Å². The molecule has 0 spiro atoms. The first-order valence-electron chi connectivity index (χ1n) is 5.77. The fraction of sp³-hybridized carbons (Fsp3) is 0.500. The molecule has 0 aromatic carbocycles. The van der Waals surface area contributed by atoms with Crippen molar-refractivity contribution < 1.29 is 9.26 Å². The van der Waals surface area contributed by atoms with Crippen LogP contribution in [-0.4, -0.2) is 27.9 Å². The van der Waals surface area contributed by atoms with Gasteiger partial charge in [0.15, 0.2) is 0 Å². The van der Waals surface area contributed by atoms with Crippen LogP contribution >= 0.6 is 11.6 Å². The molecule has 18 heavy (non-hydrogen) atoms. The number of rotatable bonds is 5. The SMILES string of the molecule is COc1c(-c2cc(CCCCl)on2)c(C)nn1C. The van der Waals surface area contributed by atoms with Crippen LogP contribution in [0.1, 0.15) is 17.9 Å². The smallest absolute Gasteiger partial charge is 0.221 e. The highest BCUT2D eigenvalue weighted by atomic mass is 35.5. The zero-order valence-electron chi connectivity index (χ0n) is 10.7. The van der Waals surface area contributed by atoms with Crippen molar-refractivity contribution in [2.75, 3.05) is 13.0 Å². The van der Waals surface area contributed by atoms with Crippen molar-refractivity contribution in [3.8, 4) is 17.1 Å². The van der Waals surface area contributed by atoms with Gasteiger partial charge in [-0.1, -0.05) is 5.16 Å². The molecule has 0 amide bonds. The van der Waals surface area contributed by atoms with E-state index in [2.05, 4.69) is 10.3 Å². The van der Waals surface area contributed by atoms with E-state index < -0.39 is 0 Å². The molecule has 0 radical (unpaired) electrons. The van der Waals surface area contributed by atoms with Crippen molar-refractivity contribution in [2.24, 2.45) is 7.05 Å². The summed E-state index contributed by atoms with van der Waals surface area (Å²) in [7, 11) is 3.46. The van der Waals surface area contributed by atoms with Crippen LogP contribution in [0.3, 0.4) is 0 Å². The Balaban J connectivity index is 2.33. The minimum Gasteiger partial charge on any atom is -0.481 e. The Morgan fingerprint density at radius 2 is 2.28 bits per heavy atom. The zero-order valence-corrected chi connectivity index (χ0v) is 11.5. The Hall–Kier alpha value is -1.49. The van der Waals surface area contributed by atoms with Gasteiger partial charge in [0.2, 0.25) is 5.88 Å². The summed E-state index contributed by atoms with van der Waals surface area (Å²) in [6.07, 6.45) is 1.66. The van der Waals surface area contributed by atoms with E-state index in [1.54, 1.807) is 11.8 Å². The van der Waals surface area contributed by atoms with Crippen molar-refractivity contribution in [3.05, 3.63) is 17.5 Å². The Bertz CT molecular complexity index is 533. The van der Waals surface area contributed by atoms with E-state index in [4.69, 9.17) is 20.9 Å². The number of hydrogen-bond acceptors (Lipinski definition) is 4. The molecule has 5 nitrogen and oxygen atoms in total. The van der Waals surface area contributed by atoms with Gasteiger partial charge in [-0.15, -0.1) is 11.6 Å². The molecule has 2 aromatic rings. The molecule has 98 valence electrons. The molecule has 0 saturated carbocycles. The Kier molecular flexibility index (Phi) is 3.91. The van der Waals surface area contributed by atoms with Crippen LogP contribution in [0.4, 0.5) is 0 Å². The molecule has 2 heterocycles. The fourth-order valence-corrected chi connectivity index (χ4v) is 2.09. The standard InChI is InChI=1S/C12H16ClN3O2/c1-8-11(12(17-3)16(2)14-8)10-7-9(18-15-10)5-4-6-13/h7H,4-6H2,1-3H3. The molecule has 0 saturated heterocycles. The highest BCUT2D eigenvalue weighted by Gasteiger charge is 2.19. The third kappa shape index (κ3) is 2.36. The molecule has 0 N–H and O–H groups in total. The molecule has 0 unspecified atom stereocenters. The van der Waals surface area contributed by atoms with Crippen LogP contribution in [0.5, 0.6) is 5.88 Å². The quantitative estimate of drug-likeness (QED) is 0.783. The average molecular weight is 270 g/mol. The average Bonchev–Trinajstić information content (AvgIpc) is 2.90. The molecule has 0 aliphatic heterocycles. The number of nitrogens with zero attached hydrogens (tertiary/aromatic N) is 3. The van der Waals surface area contributed by atoms with Crippen molar-refractivity contribution in [1.82, 2.24) is 14.9 Å². The van der Waals surface area contributed by atoms with Gasteiger partial charge in [-0.05, 0) is 13.3 Å². The lowest BCUT2D eigenvalue weighted by Crippen LogP contribution is -1.95. The van der Waals surface area contributed by atoms with Gasteiger partial charge in [-0.25, -0.2) is 4.68 Å². The molecule has 0 atom stereocenters. The Morgan fingerprint density at radius 1 is 1.50 bits per heavy atom. The summed E-state index contributed by atoms with van der Waals surface area (Å²) in [5, 5.41) is 8.39. The first kappa shape index (κ1) is 13.0. The van der Waals surface area contributed by atoms with Gasteiger partial charge in [0.25, 0.3) is 0 Å². The number of halogens is 1. The second kappa shape index (κ2) is 5.44. The van der Waals surface area contributed by atoms with Crippen LogP contribution < -0.4 is 4.74 Å². The molecule has 0 fully saturated rings. The molecular formula is C12H16ClN3O2. The topological polar surface area (TPSA) is 53.1 Å². The number of alkyl halides is 1. The lowest BCUT2D eigenvalue weighted by atomic mass is 10.1. The van der Waals surface area contributed by atoms with Gasteiger partial charge in [0.05, 0.1) is 18.4 Å². The summed E-state index contributed by atoms with van der Waals surface area (Å²) in [4.78, 5) is 0. The second-order valence-corrected chi connectivity index (χ2v) is 4.44. The maximum absolute atomic E-state index is 5.66. The van der Waals surface area contributed by atoms with Gasteiger partial charge in [-0.3, -0.25) is 0 Å². The third-order valence-corrected chi connectivity index (χ3v) is 3.00. The van der Waals surface area contributed by atoms with Gasteiger partial charge in [0, 0.05) is 25.4 Å². The first-order valence-corrected chi connectivity index (χ1v) is 6.30. The Morgan fingerprint density at radius 3 is 2.94 bits per heavy atom. The number of aryl methyl sites for hydroxylation is 3. The Labute approximate surface area is 111 Å². The van der Waals surface area contributed by atoms with Crippen LogP contribution in [0.15, 0.2) is 10.6 Å². The van der Waals surface area contributed by atoms with Crippen LogP contribution in [0, 0.1) is 6.92 Å². The molecule has 2 aromatic heterocycles. The fourth-order valence-electron chi connectivity index (χ4n) is 1.96. The second-order valence-electron chi connectivity index (χ2n) is 4.06. The van der Waals surface area contributed by atoms with E-state index in [1.807, 2.05) is 20.0 Å². The van der Waals surface area contributed by atoms with E-state index in [1.165, 1.54) is 0 Å². The van der Waals surface area contributed by atoms with E-state index in [-0.39, 0.29) is 0 Å². The van der Waals surface area contributed by atoms with Crippen LogP contribution in [0.2, 0.25) is 0 Å². The van der Waals surface area contributed by atoms with Gasteiger partial charge in [0.1, 0.15) is 11.5 Å². The molecular weight excluding hydrogens is 254 g/mol. The predicted molar refractivity (Wildman–Crippen MR) is 69.0 cm³/mol. The number of aromatic nitrogens is 3. The summed E-state index contributed by atoms with van der Waals surface area (Å²) in [5.41, 5.74) is 2.49. The highest BCUT2D eigenvalue weighted by molar-refractivity contribution is 6.17. The number of ether oxygens (including phenoxy) is 1. The van der Waals surface area contributed by atoms with Gasteiger partial charge in [-0.2, -0.15) is 5.10 Å². The van der Waals surface area contributed by atoms with Crippen molar-refractivity contribution in [2.45, 2.75) is 19.8 Å². The van der Waals surface area contributed by atoms with E-state index in [0.717, 1.165) is 35.6 Å². The number of hydrogen-bond donors (Lipinski definition) is 0. The number of methoxy groups -OCH3 is 1. The predicted octanol–water partition coefficient (Wildman–Crippen LogP) is 2.56. The monoisotopic (exact) mass is 269 g/mol.